The molecule has 0 saturated heterocycles. The molecule has 0 aliphatic heterocycles. The summed E-state index contributed by atoms with van der Waals surface area (Å²) in [5.74, 6) is -0.0893. The van der Waals surface area contributed by atoms with Crippen molar-refractivity contribution in [3.05, 3.63) is 95.1 Å². The zero-order chi connectivity index (χ0) is 18.8. The maximum atomic E-state index is 13.5. The molecule has 3 nitrogen and oxygen atoms in total. The Morgan fingerprint density at radius 3 is 2.36 bits per heavy atom. The summed E-state index contributed by atoms with van der Waals surface area (Å²) in [7, 11) is 0. The minimum absolute atomic E-state index is 0.0228. The van der Waals surface area contributed by atoms with Gasteiger partial charge in [0.2, 0.25) is 0 Å². The zero-order valence-corrected chi connectivity index (χ0v) is 15.0. The van der Waals surface area contributed by atoms with Gasteiger partial charge in [0.05, 0.1) is 5.92 Å². The fraction of sp³-hybridized carbons (Fsp3) is 0.120. The van der Waals surface area contributed by atoms with E-state index in [2.05, 4.69) is 0 Å². The van der Waals surface area contributed by atoms with Crippen LogP contribution in [0.3, 0.4) is 0 Å². The first-order valence-electron chi connectivity index (χ1n) is 9.51. The predicted octanol–water partition coefficient (Wildman–Crippen LogP) is 5.43. The molecule has 0 radical (unpaired) electrons. The molecule has 134 valence electrons. The molecular formula is C25H16O3. The Morgan fingerprint density at radius 1 is 0.750 bits per heavy atom. The summed E-state index contributed by atoms with van der Waals surface area (Å²) < 4.78 is 6.23. The smallest absolute Gasteiger partial charge is 0.171 e. The van der Waals surface area contributed by atoms with Crippen LogP contribution in [0.15, 0.2) is 77.2 Å². The van der Waals surface area contributed by atoms with Gasteiger partial charge in [-0.25, -0.2) is 0 Å². The number of fused-ring (bicyclic) bond motifs is 3. The van der Waals surface area contributed by atoms with Crippen molar-refractivity contribution in [1.29, 1.82) is 0 Å². The lowest BCUT2D eigenvalue weighted by Crippen LogP contribution is -2.37. The Hall–Kier alpha value is -3.46. The van der Waals surface area contributed by atoms with Crippen LogP contribution in [-0.4, -0.2) is 11.6 Å². The fourth-order valence-corrected chi connectivity index (χ4v) is 4.90. The Bertz CT molecular complexity index is 1280. The van der Waals surface area contributed by atoms with E-state index in [1.165, 1.54) is 0 Å². The number of carbonyl (C=O) groups is 2. The monoisotopic (exact) mass is 364 g/mol. The fourth-order valence-electron chi connectivity index (χ4n) is 4.90. The van der Waals surface area contributed by atoms with Crippen molar-refractivity contribution >= 4 is 22.5 Å². The third-order valence-electron chi connectivity index (χ3n) is 6.11. The second-order valence-electron chi connectivity index (χ2n) is 7.56. The van der Waals surface area contributed by atoms with Crippen LogP contribution in [0.2, 0.25) is 0 Å². The molecule has 3 aromatic carbocycles. The van der Waals surface area contributed by atoms with Gasteiger partial charge in [-0.05, 0) is 18.1 Å². The lowest BCUT2D eigenvalue weighted by atomic mass is 9.65. The molecule has 2 aliphatic rings. The van der Waals surface area contributed by atoms with Crippen LogP contribution in [0, 0.1) is 5.92 Å². The zero-order valence-electron chi connectivity index (χ0n) is 15.0. The third kappa shape index (κ3) is 1.93. The standard InChI is InChI=1S/C25H16O3/c26-23-17-11-6-12-19-20(17)22(25(28-19)14-7-2-1-3-8-14)21-18(23)13-15-9-4-5-10-16(15)24(21)27/h1-12,18,21H,13H2/t18-,21+/m0/s1. The van der Waals surface area contributed by atoms with Gasteiger partial charge < -0.3 is 4.42 Å². The number of hydrogen-bond acceptors (Lipinski definition) is 3. The van der Waals surface area contributed by atoms with Crippen molar-refractivity contribution in [3.63, 3.8) is 0 Å². The molecule has 3 heteroatoms. The van der Waals surface area contributed by atoms with Gasteiger partial charge in [-0.15, -0.1) is 0 Å². The lowest BCUT2D eigenvalue weighted by molar-refractivity contribution is 0.0800. The van der Waals surface area contributed by atoms with Crippen LogP contribution in [0.5, 0.6) is 0 Å². The first-order valence-corrected chi connectivity index (χ1v) is 9.51. The molecule has 0 amide bonds. The highest BCUT2D eigenvalue weighted by Crippen LogP contribution is 2.50. The average molecular weight is 364 g/mol. The Kier molecular flexibility index (Phi) is 3.07. The summed E-state index contributed by atoms with van der Waals surface area (Å²) in [4.78, 5) is 26.9. The molecule has 0 saturated carbocycles. The summed E-state index contributed by atoms with van der Waals surface area (Å²) in [6, 6.07) is 23.1. The molecule has 2 aliphatic carbocycles. The van der Waals surface area contributed by atoms with Gasteiger partial charge >= 0.3 is 0 Å². The second kappa shape index (κ2) is 5.52. The van der Waals surface area contributed by atoms with Crippen molar-refractivity contribution in [2.45, 2.75) is 12.3 Å². The lowest BCUT2D eigenvalue weighted by Gasteiger charge is -2.34. The van der Waals surface area contributed by atoms with Crippen molar-refractivity contribution in [1.82, 2.24) is 0 Å². The third-order valence-corrected chi connectivity index (χ3v) is 6.11. The molecule has 0 bridgehead atoms. The van der Waals surface area contributed by atoms with Gasteiger partial charge in [-0.3, -0.25) is 9.59 Å². The highest BCUT2D eigenvalue weighted by Gasteiger charge is 2.47. The molecule has 1 aromatic heterocycles. The Balaban J connectivity index is 1.70. The van der Waals surface area contributed by atoms with Crippen molar-refractivity contribution in [2.24, 2.45) is 5.92 Å². The molecule has 1 heterocycles. The SMILES string of the molecule is O=C1c2cccc3oc(-c4ccccc4)c(c23)[C@@H]2C(=O)c3ccccc3C[C@H]12. The first kappa shape index (κ1) is 15.6. The summed E-state index contributed by atoms with van der Waals surface area (Å²) in [6.07, 6.45) is 0.584. The molecule has 4 aromatic rings. The largest absolute Gasteiger partial charge is 0.456 e. The summed E-state index contributed by atoms with van der Waals surface area (Å²) in [5, 5.41) is 0.806. The molecule has 28 heavy (non-hydrogen) atoms. The van der Waals surface area contributed by atoms with Gasteiger partial charge in [0.15, 0.2) is 11.6 Å². The van der Waals surface area contributed by atoms with Gasteiger partial charge in [0.25, 0.3) is 0 Å². The maximum absolute atomic E-state index is 13.5. The Labute approximate surface area is 161 Å². The summed E-state index contributed by atoms with van der Waals surface area (Å²) >= 11 is 0. The van der Waals surface area contributed by atoms with Crippen molar-refractivity contribution in [2.75, 3.05) is 0 Å². The molecule has 6 rings (SSSR count). The van der Waals surface area contributed by atoms with Crippen LogP contribution in [-0.2, 0) is 6.42 Å². The molecule has 0 N–H and O–H groups in total. The average Bonchev–Trinajstić information content (AvgIpc) is 3.13. The van der Waals surface area contributed by atoms with E-state index in [0.29, 0.717) is 23.3 Å². The minimum atomic E-state index is -0.492. The second-order valence-corrected chi connectivity index (χ2v) is 7.56. The van der Waals surface area contributed by atoms with E-state index >= 15 is 0 Å². The maximum Gasteiger partial charge on any atom is 0.171 e. The quantitative estimate of drug-likeness (QED) is 0.452. The first-order chi connectivity index (χ1) is 13.7. The minimum Gasteiger partial charge on any atom is -0.456 e. The van der Waals surface area contributed by atoms with E-state index in [1.807, 2.05) is 72.8 Å². The van der Waals surface area contributed by atoms with Crippen LogP contribution in [0.1, 0.15) is 37.8 Å². The molecule has 0 unspecified atom stereocenters. The van der Waals surface area contributed by atoms with E-state index in [0.717, 1.165) is 27.6 Å². The predicted molar refractivity (Wildman–Crippen MR) is 107 cm³/mol. The van der Waals surface area contributed by atoms with Gasteiger partial charge in [0, 0.05) is 33.6 Å². The van der Waals surface area contributed by atoms with Gasteiger partial charge in [-0.2, -0.15) is 0 Å². The van der Waals surface area contributed by atoms with E-state index in [4.69, 9.17) is 4.42 Å². The van der Waals surface area contributed by atoms with Crippen LogP contribution < -0.4 is 0 Å². The number of rotatable bonds is 1. The van der Waals surface area contributed by atoms with E-state index in [1.54, 1.807) is 0 Å². The normalized spacial score (nSPS) is 20.1. The number of carbonyl (C=O) groups excluding carboxylic acids is 2. The molecular weight excluding hydrogens is 348 g/mol. The Morgan fingerprint density at radius 2 is 1.50 bits per heavy atom. The van der Waals surface area contributed by atoms with Crippen molar-refractivity contribution in [3.8, 4) is 11.3 Å². The highest BCUT2D eigenvalue weighted by molar-refractivity contribution is 6.20. The van der Waals surface area contributed by atoms with Gasteiger partial charge in [-0.1, -0.05) is 66.7 Å². The number of hydrogen-bond donors (Lipinski definition) is 0. The van der Waals surface area contributed by atoms with Crippen LogP contribution in [0.25, 0.3) is 22.3 Å². The van der Waals surface area contributed by atoms with Gasteiger partial charge in [0.1, 0.15) is 11.3 Å². The molecule has 0 fully saturated rings. The van der Waals surface area contributed by atoms with Crippen molar-refractivity contribution < 1.29 is 14.0 Å². The number of Topliss-reactive ketones (excluding diaryl/α,β-unsaturated/α-hetero) is 2. The van der Waals surface area contributed by atoms with Crippen LogP contribution in [0.4, 0.5) is 0 Å². The van der Waals surface area contributed by atoms with E-state index in [-0.39, 0.29) is 17.5 Å². The molecule has 0 spiro atoms. The highest BCUT2D eigenvalue weighted by atomic mass is 16.3. The number of benzene rings is 3. The number of furan rings is 1. The van der Waals surface area contributed by atoms with E-state index in [9.17, 15) is 9.59 Å². The van der Waals surface area contributed by atoms with E-state index < -0.39 is 5.92 Å². The summed E-state index contributed by atoms with van der Waals surface area (Å²) in [5.41, 5.74) is 4.84. The summed E-state index contributed by atoms with van der Waals surface area (Å²) in [6.45, 7) is 0. The van der Waals surface area contributed by atoms with Crippen LogP contribution >= 0.6 is 0 Å². The topological polar surface area (TPSA) is 47.3 Å². The molecule has 2 atom stereocenters. The number of ketones is 2.